The molecule has 2 nitrogen and oxygen atoms in total. The van der Waals surface area contributed by atoms with E-state index in [1.165, 1.54) is 0 Å². The van der Waals surface area contributed by atoms with Crippen molar-refractivity contribution >= 4 is 43.5 Å². The van der Waals surface area contributed by atoms with Crippen molar-refractivity contribution in [3.8, 4) is 5.75 Å². The highest BCUT2D eigenvalue weighted by Crippen LogP contribution is 2.46. The molecule has 5 heteroatoms. The zero-order valence-electron chi connectivity index (χ0n) is 11.0. The first-order chi connectivity index (χ1) is 9.08. The minimum absolute atomic E-state index is 0.185. The van der Waals surface area contributed by atoms with Gasteiger partial charge in [-0.05, 0) is 40.9 Å². The van der Waals surface area contributed by atoms with Gasteiger partial charge in [0.2, 0.25) is 0 Å². The van der Waals surface area contributed by atoms with Crippen LogP contribution in [0.1, 0.15) is 30.2 Å². The van der Waals surface area contributed by atoms with Crippen LogP contribution in [0.3, 0.4) is 0 Å². The largest absolute Gasteiger partial charge is 0.495 e. The highest BCUT2D eigenvalue weighted by atomic mass is 79.9. The highest BCUT2D eigenvalue weighted by Gasteiger charge is 2.34. The summed E-state index contributed by atoms with van der Waals surface area (Å²) >= 11 is 13.5. The predicted octanol–water partition coefficient (Wildman–Crippen LogP) is 5.36. The lowest BCUT2D eigenvalue weighted by atomic mass is 9.91. The van der Waals surface area contributed by atoms with E-state index >= 15 is 0 Å². The second-order valence-corrected chi connectivity index (χ2v) is 6.96. The van der Waals surface area contributed by atoms with E-state index in [-0.39, 0.29) is 4.83 Å². The molecule has 0 spiro atoms. The van der Waals surface area contributed by atoms with Crippen molar-refractivity contribution in [3.05, 3.63) is 27.2 Å². The fourth-order valence-corrected chi connectivity index (χ4v) is 4.59. The summed E-state index contributed by atoms with van der Waals surface area (Å²) in [6.45, 7) is 2.99. The Balaban J connectivity index is 2.35. The zero-order chi connectivity index (χ0) is 14.0. The van der Waals surface area contributed by atoms with E-state index in [9.17, 15) is 0 Å². The average molecular weight is 413 g/mol. The molecule has 2 rings (SSSR count). The first-order valence-corrected chi connectivity index (χ1v) is 8.45. The van der Waals surface area contributed by atoms with Gasteiger partial charge in [0.05, 0.1) is 17.7 Å². The summed E-state index contributed by atoms with van der Waals surface area (Å²) in [7, 11) is 1.68. The molecule has 0 saturated carbocycles. The second-order valence-electron chi connectivity index (χ2n) is 4.68. The Morgan fingerprint density at radius 1 is 1.53 bits per heavy atom. The highest BCUT2D eigenvalue weighted by molar-refractivity contribution is 9.10. The SMILES string of the molecule is CCC1OCCC1C(Br)c1cc(Cl)cc(Br)c1OC. The predicted molar refractivity (Wildman–Crippen MR) is 85.5 cm³/mol. The second kappa shape index (κ2) is 6.79. The molecule has 106 valence electrons. The van der Waals surface area contributed by atoms with E-state index in [0.29, 0.717) is 17.0 Å². The van der Waals surface area contributed by atoms with E-state index in [1.807, 2.05) is 12.1 Å². The maximum Gasteiger partial charge on any atom is 0.137 e. The number of benzene rings is 1. The van der Waals surface area contributed by atoms with Gasteiger partial charge < -0.3 is 9.47 Å². The molecule has 3 atom stereocenters. The van der Waals surface area contributed by atoms with Crippen LogP contribution in [0, 0.1) is 5.92 Å². The molecular formula is C14H17Br2ClO2. The third-order valence-electron chi connectivity index (χ3n) is 3.58. The number of hydrogen-bond acceptors (Lipinski definition) is 2. The quantitative estimate of drug-likeness (QED) is 0.620. The van der Waals surface area contributed by atoms with Crippen LogP contribution in [-0.4, -0.2) is 19.8 Å². The molecule has 1 aromatic carbocycles. The van der Waals surface area contributed by atoms with Crippen LogP contribution in [0.5, 0.6) is 5.75 Å². The van der Waals surface area contributed by atoms with E-state index in [2.05, 4.69) is 38.8 Å². The van der Waals surface area contributed by atoms with Crippen LogP contribution >= 0.6 is 43.5 Å². The summed E-state index contributed by atoms with van der Waals surface area (Å²) in [6, 6.07) is 3.82. The summed E-state index contributed by atoms with van der Waals surface area (Å²) in [5.41, 5.74) is 1.08. The van der Waals surface area contributed by atoms with Gasteiger partial charge in [-0.15, -0.1) is 0 Å². The maximum atomic E-state index is 6.16. The van der Waals surface area contributed by atoms with E-state index in [1.54, 1.807) is 7.11 Å². The molecule has 1 fully saturated rings. The van der Waals surface area contributed by atoms with E-state index < -0.39 is 0 Å². The van der Waals surface area contributed by atoms with Gasteiger partial charge in [-0.1, -0.05) is 34.5 Å². The normalized spacial score (nSPS) is 24.5. The first-order valence-electron chi connectivity index (χ1n) is 6.37. The Morgan fingerprint density at radius 3 is 2.89 bits per heavy atom. The molecule has 0 aliphatic carbocycles. The van der Waals surface area contributed by atoms with Crippen LogP contribution in [0.25, 0.3) is 0 Å². The summed E-state index contributed by atoms with van der Waals surface area (Å²) in [6.07, 6.45) is 2.38. The molecule has 0 radical (unpaired) electrons. The van der Waals surface area contributed by atoms with Crippen LogP contribution in [-0.2, 0) is 4.74 Å². The number of halogens is 3. The Kier molecular flexibility index (Phi) is 5.58. The lowest BCUT2D eigenvalue weighted by Gasteiger charge is -2.24. The number of alkyl halides is 1. The van der Waals surface area contributed by atoms with Crippen LogP contribution < -0.4 is 4.74 Å². The van der Waals surface area contributed by atoms with Crippen molar-refractivity contribution in [3.63, 3.8) is 0 Å². The Hall–Kier alpha value is 0.230. The van der Waals surface area contributed by atoms with Crippen LogP contribution in [0.2, 0.25) is 5.02 Å². The zero-order valence-corrected chi connectivity index (χ0v) is 14.9. The number of methoxy groups -OCH3 is 1. The number of ether oxygens (including phenoxy) is 2. The van der Waals surface area contributed by atoms with Gasteiger partial charge in [0, 0.05) is 27.9 Å². The molecule has 0 amide bonds. The smallest absolute Gasteiger partial charge is 0.137 e. The van der Waals surface area contributed by atoms with Crippen molar-refractivity contribution < 1.29 is 9.47 Å². The summed E-state index contributed by atoms with van der Waals surface area (Å²) in [5, 5.41) is 0.707. The average Bonchev–Trinajstić information content (AvgIpc) is 2.85. The molecule has 1 heterocycles. The van der Waals surface area contributed by atoms with Gasteiger partial charge in [0.25, 0.3) is 0 Å². The molecule has 0 N–H and O–H groups in total. The minimum Gasteiger partial charge on any atom is -0.495 e. The van der Waals surface area contributed by atoms with Crippen molar-refractivity contribution in [2.24, 2.45) is 5.92 Å². The summed E-state index contributed by atoms with van der Waals surface area (Å²) in [5.74, 6) is 1.29. The molecule has 1 aliphatic rings. The number of hydrogen-bond donors (Lipinski definition) is 0. The maximum absolute atomic E-state index is 6.16. The lowest BCUT2D eigenvalue weighted by molar-refractivity contribution is 0.0871. The lowest BCUT2D eigenvalue weighted by Crippen LogP contribution is -2.19. The molecule has 19 heavy (non-hydrogen) atoms. The van der Waals surface area contributed by atoms with Crippen molar-refractivity contribution in [1.29, 1.82) is 0 Å². The molecule has 0 aromatic heterocycles. The Morgan fingerprint density at radius 2 is 2.26 bits per heavy atom. The van der Waals surface area contributed by atoms with Gasteiger partial charge >= 0.3 is 0 Å². The van der Waals surface area contributed by atoms with E-state index in [4.69, 9.17) is 21.1 Å². The molecule has 3 unspecified atom stereocenters. The molecule has 0 bridgehead atoms. The van der Waals surface area contributed by atoms with Gasteiger partial charge in [-0.3, -0.25) is 0 Å². The van der Waals surface area contributed by atoms with Gasteiger partial charge in [-0.25, -0.2) is 0 Å². The van der Waals surface area contributed by atoms with E-state index in [0.717, 1.165) is 35.2 Å². The van der Waals surface area contributed by atoms with Gasteiger partial charge in [0.1, 0.15) is 5.75 Å². The standard InChI is InChI=1S/C14H17Br2ClO2/c1-3-12-9(4-5-19-12)13(16)10-6-8(17)7-11(15)14(10)18-2/h6-7,9,12-13H,3-5H2,1-2H3. The fourth-order valence-electron chi connectivity index (χ4n) is 2.65. The summed E-state index contributed by atoms with van der Waals surface area (Å²) < 4.78 is 12.2. The first kappa shape index (κ1) is 15.6. The summed E-state index contributed by atoms with van der Waals surface area (Å²) in [4.78, 5) is 0.185. The minimum atomic E-state index is 0.185. The van der Waals surface area contributed by atoms with Crippen LogP contribution in [0.4, 0.5) is 0 Å². The van der Waals surface area contributed by atoms with Crippen molar-refractivity contribution in [2.45, 2.75) is 30.7 Å². The molecular weight excluding hydrogens is 395 g/mol. The third-order valence-corrected chi connectivity index (χ3v) is 5.56. The topological polar surface area (TPSA) is 18.5 Å². The third kappa shape index (κ3) is 3.29. The van der Waals surface area contributed by atoms with Crippen molar-refractivity contribution in [1.82, 2.24) is 0 Å². The van der Waals surface area contributed by atoms with Crippen molar-refractivity contribution in [2.75, 3.05) is 13.7 Å². The van der Waals surface area contributed by atoms with Crippen LogP contribution in [0.15, 0.2) is 16.6 Å². The van der Waals surface area contributed by atoms with Gasteiger partial charge in [0.15, 0.2) is 0 Å². The Bertz CT molecular complexity index is 453. The Labute approximate surface area is 136 Å². The number of rotatable bonds is 4. The molecule has 1 aliphatic heterocycles. The molecule has 1 saturated heterocycles. The van der Waals surface area contributed by atoms with Gasteiger partial charge in [-0.2, -0.15) is 0 Å². The molecule has 1 aromatic rings. The fraction of sp³-hybridized carbons (Fsp3) is 0.571. The monoisotopic (exact) mass is 410 g/mol.